The van der Waals surface area contributed by atoms with Gasteiger partial charge in [0.15, 0.2) is 5.78 Å². The predicted molar refractivity (Wildman–Crippen MR) is 66.5 cm³/mol. The van der Waals surface area contributed by atoms with E-state index < -0.39 is 0 Å². The van der Waals surface area contributed by atoms with Crippen LogP contribution >= 0.6 is 0 Å². The van der Waals surface area contributed by atoms with Crippen molar-refractivity contribution in [2.24, 2.45) is 0 Å². The van der Waals surface area contributed by atoms with Gasteiger partial charge in [-0.1, -0.05) is 35.9 Å². The second-order valence-electron chi connectivity index (χ2n) is 4.38. The molecule has 0 aliphatic heterocycles. The highest BCUT2D eigenvalue weighted by Gasteiger charge is 2.16. The van der Waals surface area contributed by atoms with Crippen molar-refractivity contribution in [2.45, 2.75) is 13.3 Å². The lowest BCUT2D eigenvalue weighted by Gasteiger charge is -2.14. The van der Waals surface area contributed by atoms with E-state index in [-0.39, 0.29) is 5.78 Å². The van der Waals surface area contributed by atoms with Gasteiger partial charge in [-0.05, 0) is 35.4 Å². The fraction of sp³-hybridized carbons (Fsp3) is 0.133. The number of carbonyl (C=O) groups is 1. The van der Waals surface area contributed by atoms with Crippen LogP contribution in [-0.4, -0.2) is 5.78 Å². The molecular formula is C15H12O. The summed E-state index contributed by atoms with van der Waals surface area (Å²) in [5, 5.41) is 2.34. The number of allylic oxidation sites excluding steroid dienone is 1. The minimum Gasteiger partial charge on any atom is -0.294 e. The summed E-state index contributed by atoms with van der Waals surface area (Å²) in [5.74, 6) is 0.237. The van der Waals surface area contributed by atoms with Gasteiger partial charge in [0.05, 0.1) is 0 Å². The summed E-state index contributed by atoms with van der Waals surface area (Å²) in [6, 6.07) is 12.3. The Morgan fingerprint density at radius 2 is 1.75 bits per heavy atom. The molecule has 3 rings (SSSR count). The monoisotopic (exact) mass is 208 g/mol. The molecule has 16 heavy (non-hydrogen) atoms. The summed E-state index contributed by atoms with van der Waals surface area (Å²) in [5.41, 5.74) is 3.07. The molecule has 0 aromatic heterocycles. The van der Waals surface area contributed by atoms with Crippen molar-refractivity contribution in [3.05, 3.63) is 53.1 Å². The number of hydrogen-bond donors (Lipinski definition) is 0. The molecule has 1 heteroatoms. The van der Waals surface area contributed by atoms with E-state index in [1.54, 1.807) is 0 Å². The van der Waals surface area contributed by atoms with Gasteiger partial charge >= 0.3 is 0 Å². The highest BCUT2D eigenvalue weighted by Crippen LogP contribution is 2.28. The van der Waals surface area contributed by atoms with Crippen LogP contribution in [0.1, 0.15) is 29.3 Å². The summed E-state index contributed by atoms with van der Waals surface area (Å²) in [6.07, 6.45) is 2.68. The van der Waals surface area contributed by atoms with E-state index in [9.17, 15) is 4.79 Å². The van der Waals surface area contributed by atoms with Crippen LogP contribution in [0.15, 0.2) is 42.0 Å². The molecule has 0 bridgehead atoms. The molecule has 1 aliphatic carbocycles. The highest BCUT2D eigenvalue weighted by molar-refractivity contribution is 6.07. The summed E-state index contributed by atoms with van der Waals surface area (Å²) in [6.45, 7) is 2.01. The van der Waals surface area contributed by atoms with Crippen LogP contribution in [0.3, 0.4) is 0 Å². The van der Waals surface area contributed by atoms with E-state index in [4.69, 9.17) is 0 Å². The van der Waals surface area contributed by atoms with Gasteiger partial charge in [0.25, 0.3) is 0 Å². The molecule has 1 nitrogen and oxygen atoms in total. The molecule has 0 saturated carbocycles. The number of rotatable bonds is 0. The molecule has 0 amide bonds. The molecular weight excluding hydrogens is 196 g/mol. The van der Waals surface area contributed by atoms with E-state index in [1.807, 2.05) is 31.2 Å². The van der Waals surface area contributed by atoms with Crippen molar-refractivity contribution >= 4 is 22.6 Å². The zero-order valence-electron chi connectivity index (χ0n) is 9.16. The Balaban J connectivity index is 2.35. The lowest BCUT2D eigenvalue weighted by molar-refractivity contribution is 0.0991. The van der Waals surface area contributed by atoms with Gasteiger partial charge in [-0.2, -0.15) is 0 Å². The smallest absolute Gasteiger partial charge is 0.167 e. The average molecular weight is 208 g/mol. The van der Waals surface area contributed by atoms with Gasteiger partial charge < -0.3 is 0 Å². The molecule has 2 aromatic carbocycles. The molecule has 0 radical (unpaired) electrons. The van der Waals surface area contributed by atoms with Gasteiger partial charge in [-0.3, -0.25) is 4.79 Å². The minimum atomic E-state index is 0.237. The first-order chi connectivity index (χ1) is 7.74. The largest absolute Gasteiger partial charge is 0.294 e. The van der Waals surface area contributed by atoms with E-state index in [2.05, 4.69) is 18.2 Å². The van der Waals surface area contributed by atoms with E-state index in [0.29, 0.717) is 6.42 Å². The molecule has 0 heterocycles. The number of ketones is 1. The number of carbonyl (C=O) groups excluding carboxylic acids is 1. The third kappa shape index (κ3) is 1.36. The molecule has 0 fully saturated rings. The van der Waals surface area contributed by atoms with Crippen LogP contribution < -0.4 is 0 Å². The number of hydrogen-bond acceptors (Lipinski definition) is 1. The topological polar surface area (TPSA) is 17.1 Å². The zero-order valence-corrected chi connectivity index (χ0v) is 9.16. The molecule has 0 spiro atoms. The highest BCUT2D eigenvalue weighted by atomic mass is 16.1. The molecule has 1 aliphatic rings. The summed E-state index contributed by atoms with van der Waals surface area (Å²) in [7, 11) is 0. The van der Waals surface area contributed by atoms with Gasteiger partial charge in [-0.25, -0.2) is 0 Å². The number of Topliss-reactive ketones (excluding diaryl/α,β-unsaturated/α-hetero) is 1. The summed E-state index contributed by atoms with van der Waals surface area (Å²) in [4.78, 5) is 11.9. The van der Waals surface area contributed by atoms with Crippen LogP contribution in [0.25, 0.3) is 16.8 Å². The second kappa shape index (κ2) is 3.31. The predicted octanol–water partition coefficient (Wildman–Crippen LogP) is 3.83. The van der Waals surface area contributed by atoms with Crippen LogP contribution in [0.5, 0.6) is 0 Å². The van der Waals surface area contributed by atoms with Crippen LogP contribution in [0.2, 0.25) is 0 Å². The fourth-order valence-electron chi connectivity index (χ4n) is 2.28. The Bertz CT molecular complexity index is 620. The Hall–Kier alpha value is -1.89. The maximum atomic E-state index is 11.9. The van der Waals surface area contributed by atoms with Crippen molar-refractivity contribution < 1.29 is 4.79 Å². The minimum absolute atomic E-state index is 0.237. The van der Waals surface area contributed by atoms with Crippen LogP contribution in [0.4, 0.5) is 0 Å². The summed E-state index contributed by atoms with van der Waals surface area (Å²) >= 11 is 0. The van der Waals surface area contributed by atoms with Gasteiger partial charge in [-0.15, -0.1) is 0 Å². The lowest BCUT2D eigenvalue weighted by atomic mass is 9.89. The van der Waals surface area contributed by atoms with Crippen molar-refractivity contribution in [2.75, 3.05) is 0 Å². The molecule has 0 atom stereocenters. The second-order valence-corrected chi connectivity index (χ2v) is 4.38. The first-order valence-corrected chi connectivity index (χ1v) is 5.47. The first kappa shape index (κ1) is 9.34. The fourth-order valence-corrected chi connectivity index (χ4v) is 2.28. The Kier molecular flexibility index (Phi) is 1.93. The number of fused-ring (bicyclic) bond motifs is 2. The van der Waals surface area contributed by atoms with E-state index in [0.717, 1.165) is 22.1 Å². The molecule has 0 N–H and O–H groups in total. The Labute approximate surface area is 94.4 Å². The van der Waals surface area contributed by atoms with Gasteiger partial charge in [0, 0.05) is 12.0 Å². The SMILES string of the molecule is CC1=Cc2cc3ccccc3cc2C(=O)C1. The zero-order chi connectivity index (χ0) is 11.1. The third-order valence-corrected chi connectivity index (χ3v) is 3.06. The summed E-state index contributed by atoms with van der Waals surface area (Å²) < 4.78 is 0. The van der Waals surface area contributed by atoms with Crippen LogP contribution in [-0.2, 0) is 0 Å². The molecule has 2 aromatic rings. The molecule has 0 saturated heterocycles. The Morgan fingerprint density at radius 3 is 2.50 bits per heavy atom. The average Bonchev–Trinajstić information content (AvgIpc) is 2.27. The van der Waals surface area contributed by atoms with Crippen LogP contribution in [0, 0.1) is 0 Å². The molecule has 0 unspecified atom stereocenters. The van der Waals surface area contributed by atoms with Crippen molar-refractivity contribution in [1.29, 1.82) is 0 Å². The van der Waals surface area contributed by atoms with Crippen molar-refractivity contribution in [1.82, 2.24) is 0 Å². The van der Waals surface area contributed by atoms with E-state index in [1.165, 1.54) is 5.39 Å². The third-order valence-electron chi connectivity index (χ3n) is 3.06. The number of benzene rings is 2. The van der Waals surface area contributed by atoms with Crippen molar-refractivity contribution in [3.63, 3.8) is 0 Å². The maximum absolute atomic E-state index is 11.9. The first-order valence-electron chi connectivity index (χ1n) is 5.47. The maximum Gasteiger partial charge on any atom is 0.167 e. The van der Waals surface area contributed by atoms with Gasteiger partial charge in [0.1, 0.15) is 0 Å². The van der Waals surface area contributed by atoms with E-state index >= 15 is 0 Å². The standard InChI is InChI=1S/C15H12O/c1-10-6-13-8-11-4-2-3-5-12(11)9-14(13)15(16)7-10/h2-6,8-9H,7H2,1H3. The lowest BCUT2D eigenvalue weighted by Crippen LogP contribution is -2.06. The Morgan fingerprint density at radius 1 is 1.06 bits per heavy atom. The van der Waals surface area contributed by atoms with Gasteiger partial charge in [0.2, 0.25) is 0 Å². The quantitative estimate of drug-likeness (QED) is 0.643. The molecule has 78 valence electrons. The van der Waals surface area contributed by atoms with Crippen molar-refractivity contribution in [3.8, 4) is 0 Å². The normalized spacial score (nSPS) is 14.8.